The van der Waals surface area contributed by atoms with Crippen molar-refractivity contribution < 1.29 is 44.6 Å². The van der Waals surface area contributed by atoms with Gasteiger partial charge in [-0.15, -0.1) is 0 Å². The summed E-state index contributed by atoms with van der Waals surface area (Å²) in [6.45, 7) is -0.516. The number of halogens is 1. The molecule has 2 aliphatic heterocycles. The maximum absolute atomic E-state index is 13.5. The first-order valence-corrected chi connectivity index (χ1v) is 15.7. The quantitative estimate of drug-likeness (QED) is 0.140. The van der Waals surface area contributed by atoms with E-state index >= 15 is 0 Å². The molecule has 2 heterocycles. The Balaban J connectivity index is 1.20. The number of rotatable bonds is 10. The molecule has 0 bridgehead atoms. The molecule has 2 aliphatic rings. The molecule has 10 heteroatoms. The summed E-state index contributed by atoms with van der Waals surface area (Å²) in [5.41, 5.74) is 3.95. The molecule has 9 nitrogen and oxygen atoms in total. The zero-order valence-electron chi connectivity index (χ0n) is 25.5. The molecule has 246 valence electrons. The fourth-order valence-corrected chi connectivity index (χ4v) is 6.66. The van der Waals surface area contributed by atoms with Gasteiger partial charge in [-0.05, 0) is 71.8 Å². The van der Waals surface area contributed by atoms with Crippen LogP contribution in [0.2, 0.25) is 0 Å². The van der Waals surface area contributed by atoms with E-state index in [4.69, 9.17) is 4.74 Å². The van der Waals surface area contributed by atoms with Crippen molar-refractivity contribution in [3.05, 3.63) is 120 Å². The number of aliphatic hydroxyl groups excluding tert-OH is 5. The molecular formula is C37H38FNO8. The number of para-hydroxylation sites is 1. The maximum Gasteiger partial charge on any atom is 0.233 e. The number of benzene rings is 4. The molecule has 0 aliphatic carbocycles. The van der Waals surface area contributed by atoms with Crippen LogP contribution in [0.4, 0.5) is 10.1 Å². The number of β-lactam (4-membered cyclic amide) rings is 1. The molecule has 0 aromatic heterocycles. The highest BCUT2D eigenvalue weighted by molar-refractivity contribution is 6.03. The van der Waals surface area contributed by atoms with Gasteiger partial charge in [-0.3, -0.25) is 4.79 Å². The Bertz CT molecular complexity index is 1670. The summed E-state index contributed by atoms with van der Waals surface area (Å²) >= 11 is 0. The second-order valence-corrected chi connectivity index (χ2v) is 12.2. The van der Waals surface area contributed by atoms with Crippen molar-refractivity contribution in [1.82, 2.24) is 0 Å². The number of anilines is 1. The standard InChI is InChI=1S/C37H38FNO8/c38-25-16-13-22(14-17-25)29(41)8-4-7-28-32(39(37(28)46)26-5-2-1-3-6-26)27-18-15-24(19-30(27)42)21-9-11-23(12-10-21)36-35(45)34(44)33(43)31(20-40)47-36/h1-3,5-6,9-19,28-29,31-36,40-45H,4,7-8,20H2. The fraction of sp³-hybridized carbons (Fsp3) is 0.324. The fourth-order valence-electron chi connectivity index (χ4n) is 6.66. The molecule has 2 saturated heterocycles. The highest BCUT2D eigenvalue weighted by atomic mass is 19.1. The first-order valence-electron chi connectivity index (χ1n) is 15.7. The van der Waals surface area contributed by atoms with Gasteiger partial charge in [0.1, 0.15) is 42.1 Å². The Morgan fingerprint density at radius 1 is 0.830 bits per heavy atom. The number of phenols is 1. The predicted molar refractivity (Wildman–Crippen MR) is 172 cm³/mol. The minimum atomic E-state index is -1.48. The van der Waals surface area contributed by atoms with Gasteiger partial charge in [-0.2, -0.15) is 0 Å². The Kier molecular flexibility index (Phi) is 9.70. The van der Waals surface area contributed by atoms with Crippen molar-refractivity contribution in [3.8, 4) is 16.9 Å². The number of hydrogen-bond acceptors (Lipinski definition) is 8. The van der Waals surface area contributed by atoms with Crippen LogP contribution >= 0.6 is 0 Å². The van der Waals surface area contributed by atoms with Crippen LogP contribution in [0.5, 0.6) is 5.75 Å². The monoisotopic (exact) mass is 643 g/mol. The van der Waals surface area contributed by atoms with E-state index in [-0.39, 0.29) is 17.5 Å². The molecule has 47 heavy (non-hydrogen) atoms. The summed E-state index contributed by atoms with van der Waals surface area (Å²) < 4.78 is 19.0. The molecule has 0 radical (unpaired) electrons. The van der Waals surface area contributed by atoms with Crippen molar-refractivity contribution in [2.75, 3.05) is 11.5 Å². The van der Waals surface area contributed by atoms with Gasteiger partial charge in [-0.1, -0.05) is 66.7 Å². The molecule has 0 spiro atoms. The van der Waals surface area contributed by atoms with Crippen LogP contribution in [0.1, 0.15) is 54.2 Å². The molecule has 4 aromatic carbocycles. The molecule has 0 saturated carbocycles. The number of aliphatic hydroxyl groups is 5. The van der Waals surface area contributed by atoms with E-state index in [0.29, 0.717) is 41.5 Å². The Hall–Kier alpha value is -4.16. The van der Waals surface area contributed by atoms with Gasteiger partial charge in [0, 0.05) is 11.3 Å². The first kappa shape index (κ1) is 32.8. The van der Waals surface area contributed by atoms with Crippen LogP contribution in [0, 0.1) is 11.7 Å². The summed E-state index contributed by atoms with van der Waals surface area (Å²) in [6, 6.07) is 26.9. The molecule has 2 fully saturated rings. The largest absolute Gasteiger partial charge is 0.508 e. The van der Waals surface area contributed by atoms with Crippen molar-refractivity contribution in [2.24, 2.45) is 5.92 Å². The smallest absolute Gasteiger partial charge is 0.233 e. The Labute approximate surface area is 271 Å². The molecular weight excluding hydrogens is 605 g/mol. The van der Waals surface area contributed by atoms with E-state index in [2.05, 4.69) is 0 Å². The van der Waals surface area contributed by atoms with E-state index in [1.54, 1.807) is 47.4 Å². The highest BCUT2D eigenvalue weighted by Gasteiger charge is 2.49. The van der Waals surface area contributed by atoms with Crippen LogP contribution in [0.3, 0.4) is 0 Å². The number of phenolic OH excluding ortho intramolecular Hbond substituents is 1. The van der Waals surface area contributed by atoms with E-state index in [0.717, 1.165) is 11.3 Å². The third-order valence-electron chi connectivity index (χ3n) is 9.31. The van der Waals surface area contributed by atoms with Gasteiger partial charge in [0.05, 0.1) is 24.7 Å². The SMILES string of the molecule is O=C1C(CCCC(O)c2ccc(F)cc2)C(c2ccc(-c3ccc(C4OC(CO)C(O)C(O)C4O)cc3)cc2O)N1c1ccccc1. The summed E-state index contributed by atoms with van der Waals surface area (Å²) in [4.78, 5) is 15.1. The van der Waals surface area contributed by atoms with Gasteiger partial charge in [0.15, 0.2) is 0 Å². The van der Waals surface area contributed by atoms with E-state index in [9.17, 15) is 39.8 Å². The van der Waals surface area contributed by atoms with Crippen molar-refractivity contribution in [3.63, 3.8) is 0 Å². The number of amides is 1. The topological polar surface area (TPSA) is 151 Å². The summed E-state index contributed by atoms with van der Waals surface area (Å²) in [6.07, 6.45) is -5.62. The molecule has 8 atom stereocenters. The number of aromatic hydroxyl groups is 1. The molecule has 1 amide bonds. The van der Waals surface area contributed by atoms with Gasteiger partial charge < -0.3 is 40.3 Å². The van der Waals surface area contributed by atoms with Crippen LogP contribution in [0.25, 0.3) is 11.1 Å². The van der Waals surface area contributed by atoms with E-state index < -0.39 is 55.2 Å². The van der Waals surface area contributed by atoms with Crippen LogP contribution in [0.15, 0.2) is 97.1 Å². The third-order valence-corrected chi connectivity index (χ3v) is 9.31. The number of carbonyl (C=O) groups is 1. The van der Waals surface area contributed by atoms with Crippen LogP contribution in [-0.4, -0.2) is 67.6 Å². The van der Waals surface area contributed by atoms with Gasteiger partial charge in [0.25, 0.3) is 0 Å². The average molecular weight is 644 g/mol. The highest BCUT2D eigenvalue weighted by Crippen LogP contribution is 2.49. The number of nitrogens with zero attached hydrogens (tertiary/aromatic N) is 1. The first-order chi connectivity index (χ1) is 22.7. The lowest BCUT2D eigenvalue weighted by molar-refractivity contribution is -0.231. The van der Waals surface area contributed by atoms with E-state index in [1.165, 1.54) is 12.1 Å². The lowest BCUT2D eigenvalue weighted by atomic mass is 9.78. The van der Waals surface area contributed by atoms with E-state index in [1.807, 2.05) is 42.5 Å². The van der Waals surface area contributed by atoms with Gasteiger partial charge >= 0.3 is 0 Å². The zero-order chi connectivity index (χ0) is 33.2. The lowest BCUT2D eigenvalue weighted by Crippen LogP contribution is -2.55. The summed E-state index contributed by atoms with van der Waals surface area (Å²) in [7, 11) is 0. The Morgan fingerprint density at radius 3 is 2.17 bits per heavy atom. The number of hydrogen-bond donors (Lipinski definition) is 6. The average Bonchev–Trinajstić information content (AvgIpc) is 3.09. The molecule has 6 rings (SSSR count). The third kappa shape index (κ3) is 6.53. The second-order valence-electron chi connectivity index (χ2n) is 12.2. The molecule has 6 N–H and O–H groups in total. The van der Waals surface area contributed by atoms with Crippen LogP contribution in [-0.2, 0) is 9.53 Å². The normalized spacial score (nSPS) is 26.6. The lowest BCUT2D eigenvalue weighted by Gasteiger charge is -2.48. The second kappa shape index (κ2) is 13.9. The Morgan fingerprint density at radius 2 is 1.51 bits per heavy atom. The van der Waals surface area contributed by atoms with Gasteiger partial charge in [-0.25, -0.2) is 4.39 Å². The van der Waals surface area contributed by atoms with Gasteiger partial charge in [0.2, 0.25) is 5.91 Å². The zero-order valence-corrected chi connectivity index (χ0v) is 25.5. The number of carbonyl (C=O) groups excluding carboxylic acids is 1. The maximum atomic E-state index is 13.5. The van der Waals surface area contributed by atoms with Crippen molar-refractivity contribution >= 4 is 11.6 Å². The predicted octanol–water partition coefficient (Wildman–Crippen LogP) is 4.32. The number of ether oxygens (including phenoxy) is 1. The van der Waals surface area contributed by atoms with Crippen molar-refractivity contribution in [2.45, 2.75) is 61.9 Å². The van der Waals surface area contributed by atoms with Crippen LogP contribution < -0.4 is 4.90 Å². The molecule has 4 aromatic rings. The minimum absolute atomic E-state index is 0.0234. The molecule has 8 unspecified atom stereocenters. The van der Waals surface area contributed by atoms with Crippen molar-refractivity contribution in [1.29, 1.82) is 0 Å². The summed E-state index contributed by atoms with van der Waals surface area (Å²) in [5, 5.41) is 62.2. The minimum Gasteiger partial charge on any atom is -0.508 e. The summed E-state index contributed by atoms with van der Waals surface area (Å²) in [5.74, 6) is -0.828.